The Kier molecular flexibility index (Phi) is 5.77. The maximum atomic E-state index is 12.4. The number of hydrogen-bond donors (Lipinski definition) is 3. The summed E-state index contributed by atoms with van der Waals surface area (Å²) in [5.74, 6) is -0.00488. The lowest BCUT2D eigenvalue weighted by Crippen LogP contribution is -2.61. The molecule has 0 aliphatic carbocycles. The molecule has 0 unspecified atom stereocenters. The van der Waals surface area contributed by atoms with E-state index in [0.29, 0.717) is 19.4 Å². The summed E-state index contributed by atoms with van der Waals surface area (Å²) in [6, 6.07) is 0. The predicted octanol–water partition coefficient (Wildman–Crippen LogP) is 0.338. The van der Waals surface area contributed by atoms with Crippen LogP contribution in [-0.4, -0.2) is 59.8 Å². The number of aliphatic hydroxyl groups is 1. The number of amides is 1. The third-order valence-electron chi connectivity index (χ3n) is 4.36. The van der Waals surface area contributed by atoms with Gasteiger partial charge >= 0.3 is 0 Å². The van der Waals surface area contributed by atoms with Gasteiger partial charge in [-0.05, 0) is 26.7 Å². The fourth-order valence-electron chi connectivity index (χ4n) is 2.33. The molecule has 1 saturated heterocycles. The normalized spacial score (nSPS) is 18.4. The average molecular weight is 271 g/mol. The number of nitrogens with one attached hydrogen (secondary N) is 2. The minimum Gasteiger partial charge on any atom is -0.388 e. The van der Waals surface area contributed by atoms with Crippen LogP contribution in [0.5, 0.6) is 0 Å². The molecular weight excluding hydrogens is 242 g/mol. The van der Waals surface area contributed by atoms with Gasteiger partial charge in [-0.1, -0.05) is 13.8 Å². The Balaban J connectivity index is 2.55. The maximum Gasteiger partial charge on any atom is 0.240 e. The van der Waals surface area contributed by atoms with Gasteiger partial charge in [0.25, 0.3) is 0 Å². The number of rotatable bonds is 6. The molecule has 5 nitrogen and oxygen atoms in total. The molecule has 19 heavy (non-hydrogen) atoms. The molecule has 112 valence electrons. The summed E-state index contributed by atoms with van der Waals surface area (Å²) in [5.41, 5.74) is -1.31. The third-order valence-corrected chi connectivity index (χ3v) is 4.36. The highest BCUT2D eigenvalue weighted by Crippen LogP contribution is 2.17. The molecule has 0 aromatic carbocycles. The van der Waals surface area contributed by atoms with Gasteiger partial charge < -0.3 is 15.7 Å². The van der Waals surface area contributed by atoms with E-state index in [4.69, 9.17) is 0 Å². The molecule has 3 N–H and O–H groups in total. The van der Waals surface area contributed by atoms with E-state index in [1.807, 2.05) is 27.7 Å². The van der Waals surface area contributed by atoms with Gasteiger partial charge in [-0.3, -0.25) is 9.69 Å². The van der Waals surface area contributed by atoms with Crippen molar-refractivity contribution >= 4 is 5.91 Å². The van der Waals surface area contributed by atoms with Crippen molar-refractivity contribution in [3.05, 3.63) is 0 Å². The zero-order valence-electron chi connectivity index (χ0n) is 12.8. The molecule has 1 heterocycles. The maximum absolute atomic E-state index is 12.4. The monoisotopic (exact) mass is 271 g/mol. The third kappa shape index (κ3) is 4.16. The standard InChI is InChI=1S/C14H29N3O2/c1-5-14(19,6-2)11-16-12(18)13(3,4)17-9-7-15-8-10-17/h15,19H,5-11H2,1-4H3,(H,16,18). The Morgan fingerprint density at radius 1 is 1.26 bits per heavy atom. The number of piperazine rings is 1. The molecule has 0 aromatic rings. The lowest BCUT2D eigenvalue weighted by Gasteiger charge is -2.40. The Morgan fingerprint density at radius 3 is 2.26 bits per heavy atom. The van der Waals surface area contributed by atoms with E-state index in [-0.39, 0.29) is 5.91 Å². The van der Waals surface area contributed by atoms with Crippen molar-refractivity contribution in [3.8, 4) is 0 Å². The first kappa shape index (κ1) is 16.4. The molecule has 0 spiro atoms. The van der Waals surface area contributed by atoms with Crippen LogP contribution in [0.2, 0.25) is 0 Å². The summed E-state index contributed by atoms with van der Waals surface area (Å²) in [6.45, 7) is 11.7. The molecule has 0 radical (unpaired) electrons. The smallest absolute Gasteiger partial charge is 0.240 e. The lowest BCUT2D eigenvalue weighted by molar-refractivity contribution is -0.133. The predicted molar refractivity (Wildman–Crippen MR) is 77.1 cm³/mol. The van der Waals surface area contributed by atoms with Crippen LogP contribution in [0.4, 0.5) is 0 Å². The fraction of sp³-hybridized carbons (Fsp3) is 0.929. The molecule has 5 heteroatoms. The van der Waals surface area contributed by atoms with Crippen molar-refractivity contribution in [2.45, 2.75) is 51.7 Å². The molecule has 0 aromatic heterocycles. The van der Waals surface area contributed by atoms with Crippen molar-refractivity contribution in [3.63, 3.8) is 0 Å². The number of carbonyl (C=O) groups excluding carboxylic acids is 1. The van der Waals surface area contributed by atoms with Crippen LogP contribution in [0.25, 0.3) is 0 Å². The van der Waals surface area contributed by atoms with Gasteiger partial charge in [0.2, 0.25) is 5.91 Å². The highest BCUT2D eigenvalue weighted by Gasteiger charge is 2.36. The van der Waals surface area contributed by atoms with Gasteiger partial charge in [-0.2, -0.15) is 0 Å². The van der Waals surface area contributed by atoms with Crippen molar-refractivity contribution < 1.29 is 9.90 Å². The first-order valence-electron chi connectivity index (χ1n) is 7.32. The van der Waals surface area contributed by atoms with Gasteiger partial charge in [0, 0.05) is 32.7 Å². The van der Waals surface area contributed by atoms with Crippen LogP contribution >= 0.6 is 0 Å². The first-order chi connectivity index (χ1) is 8.85. The molecule has 1 fully saturated rings. The number of nitrogens with zero attached hydrogens (tertiary/aromatic N) is 1. The van der Waals surface area contributed by atoms with Crippen LogP contribution in [0.1, 0.15) is 40.5 Å². The van der Waals surface area contributed by atoms with Crippen LogP contribution in [0.15, 0.2) is 0 Å². The topological polar surface area (TPSA) is 64.6 Å². The van der Waals surface area contributed by atoms with Gasteiger partial charge in [0.05, 0.1) is 11.1 Å². The molecule has 0 bridgehead atoms. The molecule has 1 aliphatic heterocycles. The molecule has 0 saturated carbocycles. The summed E-state index contributed by atoms with van der Waals surface area (Å²) >= 11 is 0. The molecule has 1 rings (SSSR count). The summed E-state index contributed by atoms with van der Waals surface area (Å²) < 4.78 is 0. The van der Waals surface area contributed by atoms with Crippen molar-refractivity contribution in [1.82, 2.24) is 15.5 Å². The molecule has 1 amide bonds. The Hall–Kier alpha value is -0.650. The Labute approximate surface area is 116 Å². The average Bonchev–Trinajstić information content (AvgIpc) is 2.45. The molecule has 0 atom stereocenters. The number of carbonyl (C=O) groups is 1. The second-order valence-corrected chi connectivity index (χ2v) is 5.91. The van der Waals surface area contributed by atoms with Gasteiger partial charge in [-0.25, -0.2) is 0 Å². The van der Waals surface area contributed by atoms with Crippen LogP contribution < -0.4 is 10.6 Å². The van der Waals surface area contributed by atoms with Crippen molar-refractivity contribution in [2.24, 2.45) is 0 Å². The molecule has 1 aliphatic rings. The number of hydrogen-bond acceptors (Lipinski definition) is 4. The van der Waals surface area contributed by atoms with Gasteiger partial charge in [0.1, 0.15) is 0 Å². The van der Waals surface area contributed by atoms with Gasteiger partial charge in [0.15, 0.2) is 0 Å². The second kappa shape index (κ2) is 6.68. The first-order valence-corrected chi connectivity index (χ1v) is 7.32. The van der Waals surface area contributed by atoms with E-state index in [9.17, 15) is 9.90 Å². The highest BCUT2D eigenvalue weighted by molar-refractivity contribution is 5.85. The summed E-state index contributed by atoms with van der Waals surface area (Å²) in [6.07, 6.45) is 1.30. The summed E-state index contributed by atoms with van der Waals surface area (Å²) in [4.78, 5) is 14.5. The van der Waals surface area contributed by atoms with Crippen molar-refractivity contribution in [1.29, 1.82) is 0 Å². The largest absolute Gasteiger partial charge is 0.388 e. The minimum atomic E-state index is -0.783. The van der Waals surface area contributed by atoms with Crippen LogP contribution in [0.3, 0.4) is 0 Å². The van der Waals surface area contributed by atoms with Crippen LogP contribution in [0, 0.1) is 0 Å². The van der Waals surface area contributed by atoms with Crippen molar-refractivity contribution in [2.75, 3.05) is 32.7 Å². The molecular formula is C14H29N3O2. The van der Waals surface area contributed by atoms with E-state index in [1.165, 1.54) is 0 Å². The second-order valence-electron chi connectivity index (χ2n) is 5.91. The van der Waals surface area contributed by atoms with E-state index >= 15 is 0 Å². The van der Waals surface area contributed by atoms with Crippen LogP contribution in [-0.2, 0) is 4.79 Å². The minimum absolute atomic E-state index is 0.00488. The summed E-state index contributed by atoms with van der Waals surface area (Å²) in [7, 11) is 0. The fourth-order valence-corrected chi connectivity index (χ4v) is 2.33. The Bertz CT molecular complexity index is 295. The van der Waals surface area contributed by atoms with E-state index in [0.717, 1.165) is 26.2 Å². The Morgan fingerprint density at radius 2 is 1.79 bits per heavy atom. The summed E-state index contributed by atoms with van der Waals surface area (Å²) in [5, 5.41) is 16.4. The zero-order valence-corrected chi connectivity index (χ0v) is 12.8. The van der Waals surface area contributed by atoms with Gasteiger partial charge in [-0.15, -0.1) is 0 Å². The quantitative estimate of drug-likeness (QED) is 0.652. The lowest BCUT2D eigenvalue weighted by atomic mass is 9.96. The highest BCUT2D eigenvalue weighted by atomic mass is 16.3. The van der Waals surface area contributed by atoms with E-state index < -0.39 is 11.1 Å². The van der Waals surface area contributed by atoms with E-state index in [1.54, 1.807) is 0 Å². The van der Waals surface area contributed by atoms with E-state index in [2.05, 4.69) is 15.5 Å². The SMILES string of the molecule is CCC(O)(CC)CNC(=O)C(C)(C)N1CCNCC1. The zero-order chi connectivity index (χ0) is 14.5.